The number of benzene rings is 2. The number of anilines is 1. The number of para-hydroxylation sites is 2. The highest BCUT2D eigenvalue weighted by molar-refractivity contribution is 6.32. The molecule has 0 aliphatic carbocycles. The maximum absolute atomic E-state index is 12.5. The van der Waals surface area contributed by atoms with E-state index in [1.54, 1.807) is 18.2 Å². The third-order valence-corrected chi connectivity index (χ3v) is 4.89. The lowest BCUT2D eigenvalue weighted by Crippen LogP contribution is -2.41. The largest absolute Gasteiger partial charge is 0.487 e. The number of H-pyrrole nitrogens is 1. The topological polar surface area (TPSA) is 95.6 Å². The Balaban J connectivity index is 1.63. The van der Waals surface area contributed by atoms with E-state index in [1.807, 2.05) is 37.4 Å². The van der Waals surface area contributed by atoms with E-state index in [-0.39, 0.29) is 6.61 Å². The van der Waals surface area contributed by atoms with Gasteiger partial charge in [-0.25, -0.2) is 4.79 Å². The summed E-state index contributed by atoms with van der Waals surface area (Å²) in [6.45, 7) is 3.04. The zero-order chi connectivity index (χ0) is 21.3. The van der Waals surface area contributed by atoms with Crippen LogP contribution in [0.25, 0.3) is 10.9 Å². The molecule has 0 saturated heterocycles. The van der Waals surface area contributed by atoms with Gasteiger partial charge in [0.05, 0.1) is 30.0 Å². The summed E-state index contributed by atoms with van der Waals surface area (Å²) in [5.74, 6) is 0.381. The summed E-state index contributed by atoms with van der Waals surface area (Å²) in [6.07, 6.45) is 2.38. The fraction of sp³-hybridized carbons (Fsp3) is 0.318. The third kappa shape index (κ3) is 5.66. The van der Waals surface area contributed by atoms with Crippen molar-refractivity contribution in [3.05, 3.63) is 59.2 Å². The van der Waals surface area contributed by atoms with Gasteiger partial charge in [-0.15, -0.1) is 0 Å². The second kappa shape index (κ2) is 10.9. The van der Waals surface area contributed by atoms with Crippen LogP contribution in [0.5, 0.6) is 5.75 Å². The molecule has 1 atom stereocenters. The highest BCUT2D eigenvalue weighted by atomic mass is 35.5. The monoisotopic (exact) mass is 431 g/mol. The first kappa shape index (κ1) is 22.0. The van der Waals surface area contributed by atoms with Gasteiger partial charge in [0.1, 0.15) is 6.61 Å². The third-order valence-electron chi connectivity index (χ3n) is 4.59. The summed E-state index contributed by atoms with van der Waals surface area (Å²) in [7, 11) is 0. The molecule has 1 aromatic heterocycles. The standard InChI is InChI=1S/C22H26ClN3O4/c1-2-29-10-11-30-21-18(23)7-5-9-20(21)26-22(28)25-16(14-27)12-15-13-24-19-8-4-3-6-17(15)19/h3-9,13,16,24,27H,2,10-12,14H2,1H3,(H2,25,26,28). The van der Waals surface area contributed by atoms with Gasteiger partial charge in [-0.2, -0.15) is 0 Å². The Labute approximate surface area is 180 Å². The molecule has 0 saturated carbocycles. The Morgan fingerprint density at radius 3 is 2.83 bits per heavy atom. The second-order valence-corrected chi connectivity index (χ2v) is 7.11. The molecule has 0 bridgehead atoms. The number of aromatic amines is 1. The van der Waals surface area contributed by atoms with Crippen molar-refractivity contribution in [3.8, 4) is 5.75 Å². The number of rotatable bonds is 10. The molecule has 3 rings (SSSR count). The van der Waals surface area contributed by atoms with E-state index in [1.165, 1.54) is 0 Å². The molecule has 3 aromatic rings. The Morgan fingerprint density at radius 2 is 2.03 bits per heavy atom. The SMILES string of the molecule is CCOCCOc1c(Cl)cccc1NC(=O)NC(CO)Cc1c[nH]c2ccccc12. The number of hydrogen-bond donors (Lipinski definition) is 4. The smallest absolute Gasteiger partial charge is 0.319 e. The zero-order valence-corrected chi connectivity index (χ0v) is 17.5. The molecule has 0 radical (unpaired) electrons. The van der Waals surface area contributed by atoms with Crippen molar-refractivity contribution < 1.29 is 19.4 Å². The minimum atomic E-state index is -0.453. The predicted octanol–water partition coefficient (Wildman–Crippen LogP) is 3.96. The van der Waals surface area contributed by atoms with Crippen molar-refractivity contribution >= 4 is 34.2 Å². The van der Waals surface area contributed by atoms with Crippen LogP contribution in [0.4, 0.5) is 10.5 Å². The van der Waals surface area contributed by atoms with E-state index < -0.39 is 12.1 Å². The number of aromatic nitrogens is 1. The fourth-order valence-electron chi connectivity index (χ4n) is 3.17. The first-order valence-electron chi connectivity index (χ1n) is 9.84. The van der Waals surface area contributed by atoms with Crippen LogP contribution in [0, 0.1) is 0 Å². The summed E-state index contributed by atoms with van der Waals surface area (Å²) in [5, 5.41) is 16.8. The van der Waals surface area contributed by atoms with E-state index in [2.05, 4.69) is 15.6 Å². The van der Waals surface area contributed by atoms with Crippen molar-refractivity contribution in [2.45, 2.75) is 19.4 Å². The quantitative estimate of drug-likeness (QED) is 0.365. The van der Waals surface area contributed by atoms with Crippen molar-refractivity contribution in [1.82, 2.24) is 10.3 Å². The van der Waals surface area contributed by atoms with Gasteiger partial charge < -0.3 is 30.2 Å². The Kier molecular flexibility index (Phi) is 7.96. The van der Waals surface area contributed by atoms with Gasteiger partial charge in [0, 0.05) is 23.7 Å². The molecule has 7 nitrogen and oxygen atoms in total. The van der Waals surface area contributed by atoms with Gasteiger partial charge in [0.25, 0.3) is 0 Å². The molecule has 160 valence electrons. The maximum Gasteiger partial charge on any atom is 0.319 e. The highest BCUT2D eigenvalue weighted by Crippen LogP contribution is 2.32. The van der Waals surface area contributed by atoms with Crippen LogP contribution in [0.3, 0.4) is 0 Å². The summed E-state index contributed by atoms with van der Waals surface area (Å²) >= 11 is 6.23. The molecular formula is C22H26ClN3O4. The molecule has 1 heterocycles. The van der Waals surface area contributed by atoms with Gasteiger partial charge in [-0.1, -0.05) is 35.9 Å². The van der Waals surface area contributed by atoms with E-state index in [9.17, 15) is 9.90 Å². The molecule has 0 aliphatic heterocycles. The minimum Gasteiger partial charge on any atom is -0.487 e. The number of carbonyl (C=O) groups excluding carboxylic acids is 1. The molecule has 0 aliphatic rings. The van der Waals surface area contributed by atoms with Crippen LogP contribution >= 0.6 is 11.6 Å². The number of amides is 2. The molecule has 30 heavy (non-hydrogen) atoms. The zero-order valence-electron chi connectivity index (χ0n) is 16.8. The molecular weight excluding hydrogens is 406 g/mol. The van der Waals surface area contributed by atoms with Crippen molar-refractivity contribution in [2.75, 3.05) is 31.7 Å². The van der Waals surface area contributed by atoms with Crippen molar-refractivity contribution in [2.24, 2.45) is 0 Å². The van der Waals surface area contributed by atoms with Crippen molar-refractivity contribution in [1.29, 1.82) is 0 Å². The fourth-order valence-corrected chi connectivity index (χ4v) is 3.40. The van der Waals surface area contributed by atoms with E-state index in [0.29, 0.717) is 42.7 Å². The number of halogens is 1. The summed E-state index contributed by atoms with van der Waals surface area (Å²) in [5.41, 5.74) is 2.48. The molecule has 4 N–H and O–H groups in total. The van der Waals surface area contributed by atoms with Gasteiger partial charge in [0.15, 0.2) is 5.75 Å². The molecule has 1 unspecified atom stereocenters. The summed E-state index contributed by atoms with van der Waals surface area (Å²) in [6, 6.07) is 12.1. The van der Waals surface area contributed by atoms with Crippen LogP contribution in [0.1, 0.15) is 12.5 Å². The summed E-state index contributed by atoms with van der Waals surface area (Å²) < 4.78 is 10.9. The lowest BCUT2D eigenvalue weighted by molar-refractivity contribution is 0.110. The number of carbonyl (C=O) groups is 1. The predicted molar refractivity (Wildman–Crippen MR) is 118 cm³/mol. The van der Waals surface area contributed by atoms with Crippen LogP contribution < -0.4 is 15.4 Å². The van der Waals surface area contributed by atoms with Gasteiger partial charge in [-0.3, -0.25) is 0 Å². The lowest BCUT2D eigenvalue weighted by Gasteiger charge is -2.18. The molecule has 2 aromatic carbocycles. The lowest BCUT2D eigenvalue weighted by atomic mass is 10.1. The maximum atomic E-state index is 12.5. The Bertz CT molecular complexity index is 976. The molecule has 2 amide bonds. The van der Waals surface area contributed by atoms with Crippen LogP contribution in [-0.4, -0.2) is 48.6 Å². The summed E-state index contributed by atoms with van der Waals surface area (Å²) in [4.78, 5) is 15.8. The molecule has 0 fully saturated rings. The number of nitrogens with one attached hydrogen (secondary N) is 3. The van der Waals surface area contributed by atoms with E-state index >= 15 is 0 Å². The number of hydrogen-bond acceptors (Lipinski definition) is 4. The minimum absolute atomic E-state index is 0.194. The number of urea groups is 1. The van der Waals surface area contributed by atoms with Crippen LogP contribution in [-0.2, 0) is 11.2 Å². The van der Waals surface area contributed by atoms with E-state index in [0.717, 1.165) is 16.5 Å². The molecule has 0 spiro atoms. The average Bonchev–Trinajstić information content (AvgIpc) is 3.15. The number of aliphatic hydroxyl groups excluding tert-OH is 1. The first-order chi connectivity index (χ1) is 14.6. The van der Waals surface area contributed by atoms with Gasteiger partial charge in [-0.05, 0) is 37.1 Å². The number of fused-ring (bicyclic) bond motifs is 1. The van der Waals surface area contributed by atoms with Crippen molar-refractivity contribution in [3.63, 3.8) is 0 Å². The Hall–Kier alpha value is -2.74. The number of ether oxygens (including phenoxy) is 2. The molecule has 8 heteroatoms. The average molecular weight is 432 g/mol. The van der Waals surface area contributed by atoms with Gasteiger partial charge >= 0.3 is 6.03 Å². The normalized spacial score (nSPS) is 12.0. The van der Waals surface area contributed by atoms with Gasteiger partial charge in [0.2, 0.25) is 0 Å². The van der Waals surface area contributed by atoms with Crippen LogP contribution in [0.15, 0.2) is 48.7 Å². The Morgan fingerprint density at radius 1 is 1.20 bits per heavy atom. The van der Waals surface area contributed by atoms with Crippen LogP contribution in [0.2, 0.25) is 5.02 Å². The second-order valence-electron chi connectivity index (χ2n) is 6.70. The number of aliphatic hydroxyl groups is 1. The first-order valence-corrected chi connectivity index (χ1v) is 10.2. The van der Waals surface area contributed by atoms with E-state index in [4.69, 9.17) is 21.1 Å². The highest BCUT2D eigenvalue weighted by Gasteiger charge is 2.17.